The molecule has 0 aliphatic rings. The van der Waals surface area contributed by atoms with Gasteiger partial charge in [0, 0.05) is 18.8 Å². The number of imidazole rings is 1. The Morgan fingerprint density at radius 2 is 1.90 bits per heavy atom. The van der Waals surface area contributed by atoms with Crippen LogP contribution in [0.2, 0.25) is 0 Å². The number of hydrogen-bond acceptors (Lipinski definition) is 2. The molecule has 0 amide bonds. The van der Waals surface area contributed by atoms with Crippen LogP contribution in [0.1, 0.15) is 11.4 Å². The van der Waals surface area contributed by atoms with Crippen LogP contribution in [0.4, 0.5) is 10.1 Å². The topological polar surface area (TPSA) is 29.9 Å². The third-order valence-electron chi connectivity index (χ3n) is 3.44. The Hall–Kier alpha value is -2.36. The molecule has 0 fully saturated rings. The minimum absolute atomic E-state index is 0.256. The van der Waals surface area contributed by atoms with E-state index in [9.17, 15) is 4.39 Å². The van der Waals surface area contributed by atoms with Crippen molar-refractivity contribution in [3.05, 3.63) is 59.7 Å². The molecule has 0 saturated carbocycles. The lowest BCUT2D eigenvalue weighted by Gasteiger charge is -2.06. The maximum absolute atomic E-state index is 13.2. The number of hydrogen-bond donors (Lipinski definition) is 1. The van der Waals surface area contributed by atoms with Gasteiger partial charge >= 0.3 is 0 Å². The Kier molecular flexibility index (Phi) is 3.14. The van der Waals surface area contributed by atoms with E-state index in [4.69, 9.17) is 0 Å². The molecule has 0 radical (unpaired) electrons. The molecule has 20 heavy (non-hydrogen) atoms. The molecular formula is C16H16FN3. The zero-order chi connectivity index (χ0) is 14.1. The fourth-order valence-electron chi connectivity index (χ4n) is 2.23. The fraction of sp³-hybridized carbons (Fsp3) is 0.188. The van der Waals surface area contributed by atoms with E-state index >= 15 is 0 Å². The normalized spacial score (nSPS) is 10.9. The first-order valence-electron chi connectivity index (χ1n) is 6.55. The number of nitrogens with zero attached hydrogens (tertiary/aromatic N) is 2. The van der Waals surface area contributed by atoms with Gasteiger partial charge in [0.15, 0.2) is 0 Å². The Labute approximate surface area is 117 Å². The molecule has 1 aromatic heterocycles. The summed E-state index contributed by atoms with van der Waals surface area (Å²) in [6, 6.07) is 12.9. The molecule has 1 heterocycles. The predicted molar refractivity (Wildman–Crippen MR) is 79.2 cm³/mol. The van der Waals surface area contributed by atoms with Crippen molar-refractivity contribution in [2.45, 2.75) is 13.5 Å². The molecule has 3 aromatic rings. The van der Waals surface area contributed by atoms with Gasteiger partial charge in [0.25, 0.3) is 0 Å². The number of aromatic nitrogens is 2. The van der Waals surface area contributed by atoms with Crippen molar-refractivity contribution in [2.75, 3.05) is 5.32 Å². The van der Waals surface area contributed by atoms with Gasteiger partial charge in [-0.25, -0.2) is 9.37 Å². The number of fused-ring (bicyclic) bond motifs is 1. The minimum Gasteiger partial charge on any atom is -0.378 e. The van der Waals surface area contributed by atoms with E-state index in [0.29, 0.717) is 12.1 Å². The van der Waals surface area contributed by atoms with Gasteiger partial charge in [-0.15, -0.1) is 0 Å². The average Bonchev–Trinajstić information content (AvgIpc) is 2.74. The Bertz CT molecular complexity index is 744. The highest BCUT2D eigenvalue weighted by Crippen LogP contribution is 2.17. The molecular weight excluding hydrogens is 253 g/mol. The molecule has 0 unspecified atom stereocenters. The number of aryl methyl sites for hydroxylation is 2. The first kappa shape index (κ1) is 12.7. The van der Waals surface area contributed by atoms with Crippen LogP contribution in [0.25, 0.3) is 11.0 Å². The molecule has 3 nitrogen and oxygen atoms in total. The third-order valence-corrected chi connectivity index (χ3v) is 3.44. The second kappa shape index (κ2) is 4.96. The van der Waals surface area contributed by atoms with Crippen molar-refractivity contribution in [3.63, 3.8) is 0 Å². The largest absolute Gasteiger partial charge is 0.378 e. The first-order chi connectivity index (χ1) is 9.63. The number of halogens is 1. The third kappa shape index (κ3) is 2.37. The van der Waals surface area contributed by atoms with Crippen molar-refractivity contribution in [1.29, 1.82) is 0 Å². The molecule has 0 aliphatic heterocycles. The average molecular weight is 269 g/mol. The van der Waals surface area contributed by atoms with E-state index in [1.54, 1.807) is 6.07 Å². The monoisotopic (exact) mass is 269 g/mol. The molecule has 0 atom stereocenters. The van der Waals surface area contributed by atoms with Crippen molar-refractivity contribution in [2.24, 2.45) is 7.05 Å². The van der Waals surface area contributed by atoms with E-state index in [1.165, 1.54) is 17.7 Å². The van der Waals surface area contributed by atoms with Crippen LogP contribution >= 0.6 is 0 Å². The molecule has 3 rings (SSSR count). The van der Waals surface area contributed by atoms with Gasteiger partial charge in [-0.1, -0.05) is 17.7 Å². The van der Waals surface area contributed by atoms with Gasteiger partial charge in [-0.2, -0.15) is 0 Å². The van der Waals surface area contributed by atoms with E-state index in [0.717, 1.165) is 17.0 Å². The van der Waals surface area contributed by atoms with Crippen LogP contribution in [0.3, 0.4) is 0 Å². The number of nitrogens with one attached hydrogen (secondary N) is 1. The Morgan fingerprint density at radius 1 is 1.15 bits per heavy atom. The van der Waals surface area contributed by atoms with Crippen LogP contribution in [0.15, 0.2) is 42.5 Å². The van der Waals surface area contributed by atoms with Gasteiger partial charge in [-0.05, 0) is 31.2 Å². The Morgan fingerprint density at radius 3 is 2.65 bits per heavy atom. The van der Waals surface area contributed by atoms with Gasteiger partial charge in [0.1, 0.15) is 11.6 Å². The zero-order valence-electron chi connectivity index (χ0n) is 11.5. The van der Waals surface area contributed by atoms with Crippen molar-refractivity contribution in [1.82, 2.24) is 9.55 Å². The molecule has 0 bridgehead atoms. The molecule has 0 spiro atoms. The lowest BCUT2D eigenvalue weighted by Crippen LogP contribution is -2.05. The summed E-state index contributed by atoms with van der Waals surface area (Å²) in [4.78, 5) is 4.47. The SMILES string of the molecule is Cc1ccc(NCc2nc3cc(F)ccc3n2C)cc1. The standard InChI is InChI=1S/C16H16FN3/c1-11-3-6-13(7-4-11)18-10-16-19-14-9-12(17)5-8-15(14)20(16)2/h3-9,18H,10H2,1-2H3. The molecule has 4 heteroatoms. The van der Waals surface area contributed by atoms with Crippen LogP contribution in [-0.2, 0) is 13.6 Å². The van der Waals surface area contributed by atoms with Gasteiger partial charge < -0.3 is 9.88 Å². The van der Waals surface area contributed by atoms with E-state index in [1.807, 2.05) is 23.7 Å². The van der Waals surface area contributed by atoms with E-state index < -0.39 is 0 Å². The summed E-state index contributed by atoms with van der Waals surface area (Å²) in [5, 5.41) is 3.33. The lowest BCUT2D eigenvalue weighted by molar-refractivity contribution is 0.629. The van der Waals surface area contributed by atoms with Crippen molar-refractivity contribution in [3.8, 4) is 0 Å². The lowest BCUT2D eigenvalue weighted by atomic mass is 10.2. The van der Waals surface area contributed by atoms with E-state index in [-0.39, 0.29) is 5.82 Å². The van der Waals surface area contributed by atoms with Crippen LogP contribution in [0.5, 0.6) is 0 Å². The highest BCUT2D eigenvalue weighted by molar-refractivity contribution is 5.76. The summed E-state index contributed by atoms with van der Waals surface area (Å²) in [6.45, 7) is 2.67. The van der Waals surface area contributed by atoms with Crippen LogP contribution < -0.4 is 5.32 Å². The molecule has 2 aromatic carbocycles. The second-order valence-electron chi connectivity index (χ2n) is 4.94. The zero-order valence-corrected chi connectivity index (χ0v) is 11.5. The Balaban J connectivity index is 1.84. The number of rotatable bonds is 3. The summed E-state index contributed by atoms with van der Waals surface area (Å²) < 4.78 is 15.2. The predicted octanol–water partition coefficient (Wildman–Crippen LogP) is 3.63. The quantitative estimate of drug-likeness (QED) is 0.786. The summed E-state index contributed by atoms with van der Waals surface area (Å²) in [7, 11) is 1.94. The van der Waals surface area contributed by atoms with Crippen molar-refractivity contribution >= 4 is 16.7 Å². The van der Waals surface area contributed by atoms with Crippen LogP contribution in [0, 0.1) is 12.7 Å². The first-order valence-corrected chi connectivity index (χ1v) is 6.55. The van der Waals surface area contributed by atoms with Crippen molar-refractivity contribution < 1.29 is 4.39 Å². The molecule has 0 saturated heterocycles. The molecule has 0 aliphatic carbocycles. The smallest absolute Gasteiger partial charge is 0.128 e. The molecule has 1 N–H and O–H groups in total. The summed E-state index contributed by atoms with van der Waals surface area (Å²) in [5.74, 6) is 0.625. The maximum Gasteiger partial charge on any atom is 0.128 e. The van der Waals surface area contributed by atoms with Crippen LogP contribution in [-0.4, -0.2) is 9.55 Å². The minimum atomic E-state index is -0.256. The van der Waals surface area contributed by atoms with Gasteiger partial charge in [0.2, 0.25) is 0 Å². The number of benzene rings is 2. The summed E-state index contributed by atoms with van der Waals surface area (Å²) in [6.07, 6.45) is 0. The highest BCUT2D eigenvalue weighted by atomic mass is 19.1. The highest BCUT2D eigenvalue weighted by Gasteiger charge is 2.08. The van der Waals surface area contributed by atoms with Gasteiger partial charge in [-0.3, -0.25) is 0 Å². The van der Waals surface area contributed by atoms with E-state index in [2.05, 4.69) is 29.4 Å². The maximum atomic E-state index is 13.2. The second-order valence-corrected chi connectivity index (χ2v) is 4.94. The molecule has 102 valence electrons. The summed E-state index contributed by atoms with van der Waals surface area (Å²) >= 11 is 0. The van der Waals surface area contributed by atoms with Gasteiger partial charge in [0.05, 0.1) is 17.6 Å². The fourth-order valence-corrected chi connectivity index (χ4v) is 2.23. The summed E-state index contributed by atoms with van der Waals surface area (Å²) in [5.41, 5.74) is 3.91. The number of anilines is 1.